The number of benzene rings is 1. The molecule has 0 fully saturated rings. The van der Waals surface area contributed by atoms with Gasteiger partial charge in [0.1, 0.15) is 0 Å². The average molecular weight is 250 g/mol. The highest BCUT2D eigenvalue weighted by molar-refractivity contribution is 5.54. The van der Waals surface area contributed by atoms with Crippen molar-refractivity contribution in [2.45, 2.75) is 45.8 Å². The predicted octanol–water partition coefficient (Wildman–Crippen LogP) is 2.39. The molecule has 3 nitrogen and oxygen atoms in total. The van der Waals surface area contributed by atoms with Gasteiger partial charge in [0.15, 0.2) is 0 Å². The van der Waals surface area contributed by atoms with Crippen LogP contribution in [-0.2, 0) is 6.54 Å². The molecule has 1 aromatic carbocycles. The van der Waals surface area contributed by atoms with Crippen molar-refractivity contribution in [1.82, 2.24) is 5.32 Å². The molecule has 0 bridgehead atoms. The maximum absolute atomic E-state index is 9.48. The van der Waals surface area contributed by atoms with Crippen LogP contribution in [0.25, 0.3) is 0 Å². The summed E-state index contributed by atoms with van der Waals surface area (Å²) in [5.74, 6) is 0. The van der Waals surface area contributed by atoms with E-state index in [4.69, 9.17) is 0 Å². The van der Waals surface area contributed by atoms with Gasteiger partial charge in [-0.2, -0.15) is 0 Å². The zero-order valence-corrected chi connectivity index (χ0v) is 12.2. The van der Waals surface area contributed by atoms with E-state index in [1.165, 1.54) is 11.3 Å². The third-order valence-electron chi connectivity index (χ3n) is 3.35. The summed E-state index contributed by atoms with van der Waals surface area (Å²) < 4.78 is 0. The number of likely N-dealkylation sites (N-methyl/N-ethyl adjacent to an activating group) is 1. The lowest BCUT2D eigenvalue weighted by molar-refractivity contribution is 0.216. The fourth-order valence-corrected chi connectivity index (χ4v) is 1.73. The number of hydrogen-bond donors (Lipinski definition) is 2. The Balaban J connectivity index is 2.94. The van der Waals surface area contributed by atoms with E-state index in [2.05, 4.69) is 42.3 Å². The molecule has 18 heavy (non-hydrogen) atoms. The molecule has 0 saturated carbocycles. The molecule has 0 atom stereocenters. The van der Waals surface area contributed by atoms with Gasteiger partial charge in [-0.1, -0.05) is 32.0 Å². The number of nitrogens with one attached hydrogen (secondary N) is 1. The van der Waals surface area contributed by atoms with Crippen LogP contribution in [-0.4, -0.2) is 30.3 Å². The normalized spacial score (nSPS) is 11.9. The molecule has 0 aromatic heterocycles. The van der Waals surface area contributed by atoms with Gasteiger partial charge in [-0.3, -0.25) is 0 Å². The molecule has 0 aliphatic heterocycles. The third-order valence-corrected chi connectivity index (χ3v) is 3.35. The summed E-state index contributed by atoms with van der Waals surface area (Å²) >= 11 is 0. The fraction of sp³-hybridized carbons (Fsp3) is 0.600. The van der Waals surface area contributed by atoms with Gasteiger partial charge in [0.05, 0.1) is 12.1 Å². The largest absolute Gasteiger partial charge is 0.394 e. The number of aliphatic hydroxyl groups excluding tert-OH is 1. The van der Waals surface area contributed by atoms with Crippen LogP contribution < -0.4 is 10.2 Å². The number of anilines is 1. The Labute approximate surface area is 111 Å². The van der Waals surface area contributed by atoms with E-state index in [9.17, 15) is 5.11 Å². The molecule has 2 N–H and O–H groups in total. The van der Waals surface area contributed by atoms with Gasteiger partial charge in [0.25, 0.3) is 0 Å². The topological polar surface area (TPSA) is 35.5 Å². The van der Waals surface area contributed by atoms with Crippen molar-refractivity contribution in [2.75, 3.05) is 18.6 Å². The van der Waals surface area contributed by atoms with Crippen LogP contribution in [0, 0.1) is 0 Å². The molecule has 0 unspecified atom stereocenters. The van der Waals surface area contributed by atoms with E-state index in [1.807, 2.05) is 27.0 Å². The minimum absolute atomic E-state index is 0.134. The molecule has 102 valence electrons. The second-order valence-corrected chi connectivity index (χ2v) is 5.69. The molecule has 0 aliphatic carbocycles. The molecular formula is C15H26N2O. The zero-order valence-electron chi connectivity index (χ0n) is 12.2. The van der Waals surface area contributed by atoms with Gasteiger partial charge in [0, 0.05) is 25.3 Å². The van der Waals surface area contributed by atoms with E-state index in [-0.39, 0.29) is 12.1 Å². The SMILES string of the molecule is CC(C)NCc1ccccc1N(C)C(C)(C)CO. The number of rotatable bonds is 6. The molecule has 0 heterocycles. The monoisotopic (exact) mass is 250 g/mol. The highest BCUT2D eigenvalue weighted by atomic mass is 16.3. The maximum atomic E-state index is 9.48. The second kappa shape index (κ2) is 6.21. The first-order valence-electron chi connectivity index (χ1n) is 6.54. The van der Waals surface area contributed by atoms with Crippen molar-refractivity contribution >= 4 is 5.69 Å². The number of nitrogens with zero attached hydrogens (tertiary/aromatic N) is 1. The van der Waals surface area contributed by atoms with Crippen molar-refractivity contribution in [3.05, 3.63) is 29.8 Å². The Kier molecular flexibility index (Phi) is 5.17. The minimum atomic E-state index is -0.256. The van der Waals surface area contributed by atoms with Gasteiger partial charge >= 0.3 is 0 Å². The Hall–Kier alpha value is -1.06. The molecule has 0 radical (unpaired) electrons. The van der Waals surface area contributed by atoms with Crippen LogP contribution in [0.4, 0.5) is 5.69 Å². The van der Waals surface area contributed by atoms with E-state index >= 15 is 0 Å². The first-order valence-corrected chi connectivity index (χ1v) is 6.54. The first-order chi connectivity index (χ1) is 8.38. The molecular weight excluding hydrogens is 224 g/mol. The molecule has 0 aliphatic rings. The minimum Gasteiger partial charge on any atom is -0.394 e. The predicted molar refractivity (Wildman–Crippen MR) is 78.0 cm³/mol. The summed E-state index contributed by atoms with van der Waals surface area (Å²) in [7, 11) is 2.03. The zero-order chi connectivity index (χ0) is 13.8. The Morgan fingerprint density at radius 2 is 1.89 bits per heavy atom. The van der Waals surface area contributed by atoms with Gasteiger partial charge in [-0.05, 0) is 25.5 Å². The molecule has 1 rings (SSSR count). The fourth-order valence-electron chi connectivity index (χ4n) is 1.73. The molecule has 0 saturated heterocycles. The van der Waals surface area contributed by atoms with Crippen molar-refractivity contribution in [3.63, 3.8) is 0 Å². The lowest BCUT2D eigenvalue weighted by Crippen LogP contribution is -2.45. The second-order valence-electron chi connectivity index (χ2n) is 5.69. The number of para-hydroxylation sites is 1. The quantitative estimate of drug-likeness (QED) is 0.814. The third kappa shape index (κ3) is 3.72. The van der Waals surface area contributed by atoms with Gasteiger partial charge in [-0.25, -0.2) is 0 Å². The maximum Gasteiger partial charge on any atom is 0.0658 e. The smallest absolute Gasteiger partial charge is 0.0658 e. The standard InChI is InChI=1S/C15H26N2O/c1-12(2)16-10-13-8-6-7-9-14(13)17(5)15(3,4)11-18/h6-9,12,16,18H,10-11H2,1-5H3. The van der Waals surface area contributed by atoms with E-state index in [1.54, 1.807) is 0 Å². The van der Waals surface area contributed by atoms with Crippen molar-refractivity contribution in [1.29, 1.82) is 0 Å². The van der Waals surface area contributed by atoms with Crippen LogP contribution in [0.3, 0.4) is 0 Å². The van der Waals surface area contributed by atoms with Gasteiger partial charge < -0.3 is 15.3 Å². The van der Waals surface area contributed by atoms with Crippen molar-refractivity contribution < 1.29 is 5.11 Å². The lowest BCUT2D eigenvalue weighted by atomic mass is 10.0. The summed E-state index contributed by atoms with van der Waals surface area (Å²) in [5, 5.41) is 12.9. The van der Waals surface area contributed by atoms with Crippen LogP contribution in [0.2, 0.25) is 0 Å². The number of hydrogen-bond acceptors (Lipinski definition) is 3. The van der Waals surface area contributed by atoms with Crippen LogP contribution in [0.1, 0.15) is 33.3 Å². The number of aliphatic hydroxyl groups is 1. The molecule has 0 amide bonds. The Morgan fingerprint density at radius 3 is 2.44 bits per heavy atom. The van der Waals surface area contributed by atoms with Crippen LogP contribution >= 0.6 is 0 Å². The highest BCUT2D eigenvalue weighted by Gasteiger charge is 2.24. The van der Waals surface area contributed by atoms with E-state index in [0.717, 1.165) is 6.54 Å². The summed E-state index contributed by atoms with van der Waals surface area (Å²) in [4.78, 5) is 2.14. The molecule has 0 spiro atoms. The van der Waals surface area contributed by atoms with Gasteiger partial charge in [-0.15, -0.1) is 0 Å². The van der Waals surface area contributed by atoms with Gasteiger partial charge in [0.2, 0.25) is 0 Å². The van der Waals surface area contributed by atoms with Crippen LogP contribution in [0.15, 0.2) is 24.3 Å². The summed E-state index contributed by atoms with van der Waals surface area (Å²) in [6.45, 7) is 9.35. The van der Waals surface area contributed by atoms with Crippen molar-refractivity contribution in [3.8, 4) is 0 Å². The summed E-state index contributed by atoms with van der Waals surface area (Å²) in [6.07, 6.45) is 0. The highest BCUT2D eigenvalue weighted by Crippen LogP contribution is 2.25. The van der Waals surface area contributed by atoms with Crippen LogP contribution in [0.5, 0.6) is 0 Å². The summed E-state index contributed by atoms with van der Waals surface area (Å²) in [6, 6.07) is 8.80. The van der Waals surface area contributed by atoms with E-state index < -0.39 is 0 Å². The summed E-state index contributed by atoms with van der Waals surface area (Å²) in [5.41, 5.74) is 2.17. The Bertz CT molecular complexity index is 375. The van der Waals surface area contributed by atoms with Crippen molar-refractivity contribution in [2.24, 2.45) is 0 Å². The molecule has 3 heteroatoms. The Morgan fingerprint density at radius 1 is 1.28 bits per heavy atom. The average Bonchev–Trinajstić information content (AvgIpc) is 2.35. The first kappa shape index (κ1) is 15.0. The van der Waals surface area contributed by atoms with E-state index in [0.29, 0.717) is 6.04 Å². The lowest BCUT2D eigenvalue weighted by Gasteiger charge is -2.37. The molecule has 1 aromatic rings.